The molecule has 0 bridgehead atoms. The molecule has 0 radical (unpaired) electrons. The van der Waals surface area contributed by atoms with Gasteiger partial charge in [-0.15, -0.1) is 0 Å². The molecule has 1 heterocycles. The molecule has 2 aromatic rings. The topological polar surface area (TPSA) is 80.7 Å². The normalized spacial score (nSPS) is 15.7. The van der Waals surface area contributed by atoms with Crippen molar-refractivity contribution in [1.29, 1.82) is 0 Å². The number of benzene rings is 1. The second-order valence-electron chi connectivity index (χ2n) is 7.24. The molecule has 1 aliphatic carbocycles. The zero-order valence-electron chi connectivity index (χ0n) is 16.1. The van der Waals surface area contributed by atoms with Crippen molar-refractivity contribution in [3.8, 4) is 17.0 Å². The Morgan fingerprint density at radius 2 is 2.04 bits per heavy atom. The minimum atomic E-state index is -0.884. The average molecular weight is 405 g/mol. The van der Waals surface area contributed by atoms with Crippen molar-refractivity contribution in [2.75, 3.05) is 26.9 Å². The van der Waals surface area contributed by atoms with Crippen molar-refractivity contribution in [2.45, 2.75) is 25.4 Å². The first-order chi connectivity index (χ1) is 13.4. The third-order valence-corrected chi connectivity index (χ3v) is 5.11. The van der Waals surface area contributed by atoms with Gasteiger partial charge in [0.2, 0.25) is 5.88 Å². The molecular formula is C21H25ClN2O4. The molecule has 0 saturated heterocycles. The van der Waals surface area contributed by atoms with Crippen molar-refractivity contribution in [2.24, 2.45) is 5.92 Å². The minimum absolute atomic E-state index is 0.207. The number of ether oxygens (including phenoxy) is 2. The second-order valence-corrected chi connectivity index (χ2v) is 7.68. The van der Waals surface area contributed by atoms with E-state index in [0.717, 1.165) is 18.4 Å². The summed E-state index contributed by atoms with van der Waals surface area (Å²) in [5.74, 6) is 0.389. The number of hydrogen-bond donors (Lipinski definition) is 2. The number of aromatic nitrogens is 1. The summed E-state index contributed by atoms with van der Waals surface area (Å²) < 4.78 is 10.7. The largest absolute Gasteiger partial charge is 0.475 e. The van der Waals surface area contributed by atoms with Gasteiger partial charge in [0.25, 0.3) is 5.91 Å². The summed E-state index contributed by atoms with van der Waals surface area (Å²) in [6, 6.07) is 8.98. The van der Waals surface area contributed by atoms with E-state index in [2.05, 4.69) is 10.3 Å². The van der Waals surface area contributed by atoms with Crippen LogP contribution in [0.4, 0.5) is 0 Å². The number of nitrogens with one attached hydrogen (secondary N) is 1. The lowest BCUT2D eigenvalue weighted by molar-refractivity contribution is 0.0354. The van der Waals surface area contributed by atoms with Crippen LogP contribution in [0.1, 0.15) is 30.1 Å². The highest BCUT2D eigenvalue weighted by atomic mass is 35.5. The number of nitrogens with zero attached hydrogens (tertiary/aromatic N) is 1. The summed E-state index contributed by atoms with van der Waals surface area (Å²) in [5.41, 5.74) is 1.04. The van der Waals surface area contributed by atoms with E-state index in [-0.39, 0.29) is 18.4 Å². The standard InChI is InChI=1S/C21H25ClN2O4/c1-21(26,16-5-6-16)13-24-19(25)15-11-18(14-3-7-17(22)8-4-14)20(23-12-15)28-10-9-27-2/h3-4,7-8,11-12,16,26H,5-6,9-10,13H2,1-2H3,(H,24,25). The number of aliphatic hydroxyl groups is 1. The van der Waals surface area contributed by atoms with Crippen LogP contribution < -0.4 is 10.1 Å². The molecule has 2 N–H and O–H groups in total. The van der Waals surface area contributed by atoms with E-state index in [0.29, 0.717) is 35.2 Å². The maximum atomic E-state index is 12.6. The minimum Gasteiger partial charge on any atom is -0.475 e. The summed E-state index contributed by atoms with van der Waals surface area (Å²) in [7, 11) is 1.60. The van der Waals surface area contributed by atoms with Gasteiger partial charge in [0, 0.05) is 30.4 Å². The molecule has 28 heavy (non-hydrogen) atoms. The van der Waals surface area contributed by atoms with Crippen LogP contribution in [0.25, 0.3) is 11.1 Å². The maximum absolute atomic E-state index is 12.6. The number of rotatable bonds is 9. The van der Waals surface area contributed by atoms with E-state index in [1.54, 1.807) is 32.2 Å². The van der Waals surface area contributed by atoms with Gasteiger partial charge in [-0.3, -0.25) is 4.79 Å². The number of carbonyl (C=O) groups excluding carboxylic acids is 1. The SMILES string of the molecule is COCCOc1ncc(C(=O)NCC(C)(O)C2CC2)cc1-c1ccc(Cl)cc1. The molecule has 1 fully saturated rings. The molecule has 1 atom stereocenters. The van der Waals surface area contributed by atoms with Gasteiger partial charge in [-0.25, -0.2) is 4.98 Å². The second kappa shape index (κ2) is 8.90. The lowest BCUT2D eigenvalue weighted by Gasteiger charge is -2.23. The maximum Gasteiger partial charge on any atom is 0.252 e. The molecular weight excluding hydrogens is 380 g/mol. The first kappa shape index (κ1) is 20.6. The number of carbonyl (C=O) groups is 1. The molecule has 1 amide bonds. The molecule has 150 valence electrons. The van der Waals surface area contributed by atoms with E-state index in [1.807, 2.05) is 12.1 Å². The van der Waals surface area contributed by atoms with Gasteiger partial charge in [-0.2, -0.15) is 0 Å². The molecule has 0 spiro atoms. The van der Waals surface area contributed by atoms with Crippen LogP contribution in [-0.2, 0) is 4.74 Å². The van der Waals surface area contributed by atoms with Crippen LogP contribution in [0, 0.1) is 5.92 Å². The first-order valence-corrected chi connectivity index (χ1v) is 9.67. The molecule has 6 nitrogen and oxygen atoms in total. The van der Waals surface area contributed by atoms with Crippen LogP contribution in [-0.4, -0.2) is 48.5 Å². The third kappa shape index (κ3) is 5.22. The van der Waals surface area contributed by atoms with Gasteiger partial charge in [0.05, 0.1) is 17.8 Å². The van der Waals surface area contributed by atoms with Gasteiger partial charge in [0.1, 0.15) is 6.61 Å². The molecule has 0 aliphatic heterocycles. The fourth-order valence-electron chi connectivity index (χ4n) is 2.96. The zero-order valence-corrected chi connectivity index (χ0v) is 16.8. The Labute approximate surface area is 169 Å². The predicted octanol–water partition coefficient (Wildman–Crippen LogP) is 3.32. The zero-order chi connectivity index (χ0) is 20.1. The van der Waals surface area contributed by atoms with Gasteiger partial charge in [0.15, 0.2) is 0 Å². The molecule has 1 aliphatic rings. The number of halogens is 1. The van der Waals surface area contributed by atoms with Crippen LogP contribution in [0.2, 0.25) is 5.02 Å². The van der Waals surface area contributed by atoms with Crippen LogP contribution in [0.15, 0.2) is 36.5 Å². The third-order valence-electron chi connectivity index (χ3n) is 4.86. The van der Waals surface area contributed by atoms with Crippen LogP contribution in [0.5, 0.6) is 5.88 Å². The molecule has 7 heteroatoms. The Bertz CT molecular complexity index is 820. The summed E-state index contributed by atoms with van der Waals surface area (Å²) in [4.78, 5) is 16.9. The summed E-state index contributed by atoms with van der Waals surface area (Å²) in [5, 5.41) is 13.8. The lowest BCUT2D eigenvalue weighted by Crippen LogP contribution is -2.42. The van der Waals surface area contributed by atoms with Crippen LogP contribution in [0.3, 0.4) is 0 Å². The van der Waals surface area contributed by atoms with Gasteiger partial charge < -0.3 is 19.9 Å². The highest BCUT2D eigenvalue weighted by molar-refractivity contribution is 6.30. The molecule has 1 saturated carbocycles. The van der Waals surface area contributed by atoms with Crippen molar-refractivity contribution >= 4 is 17.5 Å². The molecule has 3 rings (SSSR count). The summed E-state index contributed by atoms with van der Waals surface area (Å²) >= 11 is 5.99. The Morgan fingerprint density at radius 1 is 1.32 bits per heavy atom. The van der Waals surface area contributed by atoms with Gasteiger partial charge in [-0.05, 0) is 49.4 Å². The average Bonchev–Trinajstić information content (AvgIpc) is 3.53. The van der Waals surface area contributed by atoms with E-state index in [9.17, 15) is 9.90 Å². The Balaban J connectivity index is 1.80. The Kier molecular flexibility index (Phi) is 6.54. The quantitative estimate of drug-likeness (QED) is 0.626. The predicted molar refractivity (Wildman–Crippen MR) is 108 cm³/mol. The highest BCUT2D eigenvalue weighted by Crippen LogP contribution is 2.39. The summed E-state index contributed by atoms with van der Waals surface area (Å²) in [6.45, 7) is 2.74. The number of methoxy groups -OCH3 is 1. The highest BCUT2D eigenvalue weighted by Gasteiger charge is 2.40. The fraction of sp³-hybridized carbons (Fsp3) is 0.429. The van der Waals surface area contributed by atoms with E-state index < -0.39 is 5.60 Å². The smallest absolute Gasteiger partial charge is 0.252 e. The van der Waals surface area contributed by atoms with E-state index >= 15 is 0 Å². The van der Waals surface area contributed by atoms with E-state index in [1.165, 1.54) is 6.20 Å². The number of hydrogen-bond acceptors (Lipinski definition) is 5. The van der Waals surface area contributed by atoms with Crippen molar-refractivity contribution in [3.05, 3.63) is 47.1 Å². The summed E-state index contributed by atoms with van der Waals surface area (Å²) in [6.07, 6.45) is 3.47. The van der Waals surface area contributed by atoms with Gasteiger partial charge >= 0.3 is 0 Å². The van der Waals surface area contributed by atoms with Crippen molar-refractivity contribution in [3.63, 3.8) is 0 Å². The first-order valence-electron chi connectivity index (χ1n) is 9.29. The van der Waals surface area contributed by atoms with Crippen LogP contribution >= 0.6 is 11.6 Å². The Hall–Kier alpha value is -2.15. The molecule has 1 unspecified atom stereocenters. The lowest BCUT2D eigenvalue weighted by atomic mass is 10.0. The monoisotopic (exact) mass is 404 g/mol. The molecule has 1 aromatic carbocycles. The van der Waals surface area contributed by atoms with Crippen molar-refractivity contribution in [1.82, 2.24) is 10.3 Å². The fourth-order valence-corrected chi connectivity index (χ4v) is 3.09. The number of amides is 1. The van der Waals surface area contributed by atoms with Crippen molar-refractivity contribution < 1.29 is 19.4 Å². The number of pyridine rings is 1. The Morgan fingerprint density at radius 3 is 2.68 bits per heavy atom. The van der Waals surface area contributed by atoms with Gasteiger partial charge in [-0.1, -0.05) is 23.7 Å². The molecule has 1 aromatic heterocycles. The van der Waals surface area contributed by atoms with E-state index in [4.69, 9.17) is 21.1 Å².